The third-order valence-electron chi connectivity index (χ3n) is 6.07. The Bertz CT molecular complexity index is 1770. The molecule has 0 fully saturated rings. The molecule has 5 aromatic rings. The normalized spacial score (nSPS) is 11.0. The molecule has 0 aliphatic heterocycles. The maximum absolute atomic E-state index is 15.2. The van der Waals surface area contributed by atoms with Crippen LogP contribution in [0.3, 0.4) is 0 Å². The van der Waals surface area contributed by atoms with Crippen molar-refractivity contribution >= 4 is 40.0 Å². The van der Waals surface area contributed by atoms with Gasteiger partial charge in [0.2, 0.25) is 0 Å². The van der Waals surface area contributed by atoms with Crippen molar-refractivity contribution in [2.24, 2.45) is 7.05 Å². The first-order valence-corrected chi connectivity index (χ1v) is 12.1. The van der Waals surface area contributed by atoms with Crippen LogP contribution < -0.4 is 15.8 Å². The molecule has 3 heterocycles. The first-order chi connectivity index (χ1) is 18.6. The molecule has 3 N–H and O–H groups in total. The third-order valence-corrected chi connectivity index (χ3v) is 6.38. The highest BCUT2D eigenvalue weighted by Crippen LogP contribution is 2.44. The lowest BCUT2D eigenvalue weighted by molar-refractivity contribution is -0.112. The minimum absolute atomic E-state index is 0.0590. The second-order valence-electron chi connectivity index (χ2n) is 8.89. The van der Waals surface area contributed by atoms with Crippen molar-refractivity contribution in [3.63, 3.8) is 0 Å². The van der Waals surface area contributed by atoms with Crippen LogP contribution in [0.15, 0.2) is 67.1 Å². The Balaban J connectivity index is 1.64. The molecule has 0 aliphatic carbocycles. The highest BCUT2D eigenvalue weighted by molar-refractivity contribution is 6.34. The lowest BCUT2D eigenvalue weighted by Crippen LogP contribution is -2.13. The fourth-order valence-electron chi connectivity index (χ4n) is 4.20. The number of nitrogen functional groups attached to an aromatic ring is 1. The molecule has 0 radical (unpaired) electrons. The van der Waals surface area contributed by atoms with Gasteiger partial charge >= 0.3 is 6.01 Å². The van der Waals surface area contributed by atoms with Crippen molar-refractivity contribution < 1.29 is 13.9 Å². The zero-order valence-corrected chi connectivity index (χ0v) is 22.0. The lowest BCUT2D eigenvalue weighted by Gasteiger charge is -2.14. The van der Waals surface area contributed by atoms with Gasteiger partial charge in [0.05, 0.1) is 21.8 Å². The van der Waals surface area contributed by atoms with Gasteiger partial charge in [-0.25, -0.2) is 24.3 Å². The largest absolute Gasteiger partial charge is 0.424 e. The molecule has 0 saturated carbocycles. The SMILES string of the molecule is C=C(C)C(=O)Nc1cc(Cl)c(-c2c(-c3ccc(Oc4nccc(C)n4)cc3)c3c(N)ncnc3n2C)cc1F. The summed E-state index contributed by atoms with van der Waals surface area (Å²) in [7, 11) is 1.78. The van der Waals surface area contributed by atoms with Crippen LogP contribution in [0.25, 0.3) is 33.4 Å². The van der Waals surface area contributed by atoms with Crippen LogP contribution in [0.1, 0.15) is 12.6 Å². The molecular formula is C28H23ClFN7O2. The highest BCUT2D eigenvalue weighted by atomic mass is 35.5. The smallest absolute Gasteiger partial charge is 0.322 e. The van der Waals surface area contributed by atoms with Gasteiger partial charge in [0, 0.05) is 35.6 Å². The Morgan fingerprint density at radius 2 is 1.90 bits per heavy atom. The van der Waals surface area contributed by atoms with E-state index in [1.165, 1.54) is 25.4 Å². The number of rotatable bonds is 6. The summed E-state index contributed by atoms with van der Waals surface area (Å²) in [5.41, 5.74) is 10.1. The second kappa shape index (κ2) is 10.1. The molecule has 3 aromatic heterocycles. The van der Waals surface area contributed by atoms with Gasteiger partial charge in [-0.2, -0.15) is 0 Å². The van der Waals surface area contributed by atoms with E-state index in [2.05, 4.69) is 31.8 Å². The molecule has 0 saturated heterocycles. The number of carbonyl (C=O) groups excluding carboxylic acids is 1. The van der Waals surface area contributed by atoms with Crippen LogP contribution in [0.2, 0.25) is 5.02 Å². The van der Waals surface area contributed by atoms with E-state index < -0.39 is 11.7 Å². The van der Waals surface area contributed by atoms with Gasteiger partial charge in [0.1, 0.15) is 29.4 Å². The summed E-state index contributed by atoms with van der Waals surface area (Å²) in [6.07, 6.45) is 2.98. The summed E-state index contributed by atoms with van der Waals surface area (Å²) in [5, 5.41) is 3.28. The number of nitrogens with zero attached hydrogens (tertiary/aromatic N) is 5. The average Bonchev–Trinajstić information content (AvgIpc) is 3.19. The maximum Gasteiger partial charge on any atom is 0.322 e. The van der Waals surface area contributed by atoms with Gasteiger partial charge in [-0.05, 0) is 49.7 Å². The quantitative estimate of drug-likeness (QED) is 0.249. The van der Waals surface area contributed by atoms with Crippen LogP contribution in [0.4, 0.5) is 15.9 Å². The number of carbonyl (C=O) groups is 1. The Labute approximate surface area is 228 Å². The maximum atomic E-state index is 15.2. The number of fused-ring (bicyclic) bond motifs is 1. The predicted octanol–water partition coefficient (Wildman–Crippen LogP) is 6.08. The number of amides is 1. The van der Waals surface area contributed by atoms with E-state index in [4.69, 9.17) is 22.1 Å². The standard InChI is InChI=1S/C28H23ClFN7O2/c1-14(2)27(38)36-21-12-19(29)18(11-20(21)30)24-22(23-25(31)33-13-34-26(23)37(24)4)16-5-7-17(8-6-16)39-28-32-10-9-15(3)35-28/h5-13H,1H2,2-4H3,(H,36,38)(H2,31,33,34). The first-order valence-electron chi connectivity index (χ1n) is 11.8. The van der Waals surface area contributed by atoms with Gasteiger partial charge in [0.15, 0.2) is 0 Å². The van der Waals surface area contributed by atoms with Crippen molar-refractivity contribution in [3.8, 4) is 34.1 Å². The summed E-state index contributed by atoms with van der Waals surface area (Å²) < 4.78 is 22.8. The van der Waals surface area contributed by atoms with Crippen molar-refractivity contribution in [2.45, 2.75) is 13.8 Å². The molecule has 1 amide bonds. The Morgan fingerprint density at radius 1 is 1.15 bits per heavy atom. The molecule has 0 unspecified atom stereocenters. The molecule has 0 spiro atoms. The fraction of sp³-hybridized carbons (Fsp3) is 0.107. The minimum atomic E-state index is -0.666. The zero-order valence-electron chi connectivity index (χ0n) is 21.3. The number of hydrogen-bond donors (Lipinski definition) is 2. The van der Waals surface area contributed by atoms with Crippen molar-refractivity contribution in [3.05, 3.63) is 83.7 Å². The van der Waals surface area contributed by atoms with E-state index in [0.717, 1.165) is 11.3 Å². The summed E-state index contributed by atoms with van der Waals surface area (Å²) in [6, 6.07) is 11.8. The minimum Gasteiger partial charge on any atom is -0.424 e. The number of halogens is 2. The Kier molecular flexibility index (Phi) is 6.71. The molecule has 2 aromatic carbocycles. The number of aryl methyl sites for hydroxylation is 2. The average molecular weight is 544 g/mol. The second-order valence-corrected chi connectivity index (χ2v) is 9.30. The molecule has 196 valence electrons. The predicted molar refractivity (Wildman–Crippen MR) is 149 cm³/mol. The van der Waals surface area contributed by atoms with Gasteiger partial charge < -0.3 is 20.4 Å². The number of nitrogens with two attached hydrogens (primary N) is 1. The topological polar surface area (TPSA) is 121 Å². The third kappa shape index (κ3) is 4.89. The first kappa shape index (κ1) is 25.8. The molecule has 11 heteroatoms. The molecule has 5 rings (SSSR count). The summed E-state index contributed by atoms with van der Waals surface area (Å²) >= 11 is 6.67. The van der Waals surface area contributed by atoms with Crippen LogP contribution in [0.5, 0.6) is 11.8 Å². The summed E-state index contributed by atoms with van der Waals surface area (Å²) in [4.78, 5) is 29.0. The Hall–Kier alpha value is -4.83. The van der Waals surface area contributed by atoms with Crippen molar-refractivity contribution in [2.75, 3.05) is 11.1 Å². The Morgan fingerprint density at radius 3 is 2.59 bits per heavy atom. The molecule has 9 nitrogen and oxygen atoms in total. The molecule has 0 atom stereocenters. The van der Waals surface area contributed by atoms with Crippen LogP contribution in [-0.2, 0) is 11.8 Å². The van der Waals surface area contributed by atoms with Crippen LogP contribution in [0, 0.1) is 12.7 Å². The van der Waals surface area contributed by atoms with Gasteiger partial charge in [0.25, 0.3) is 5.91 Å². The summed E-state index contributed by atoms with van der Waals surface area (Å²) in [6.45, 7) is 6.96. The lowest BCUT2D eigenvalue weighted by atomic mass is 9.98. The van der Waals surface area contributed by atoms with E-state index >= 15 is 4.39 Å². The van der Waals surface area contributed by atoms with E-state index in [1.807, 2.05) is 19.1 Å². The van der Waals surface area contributed by atoms with Crippen LogP contribution >= 0.6 is 11.6 Å². The highest BCUT2D eigenvalue weighted by Gasteiger charge is 2.24. The number of nitrogens with one attached hydrogen (secondary N) is 1. The number of hydrogen-bond acceptors (Lipinski definition) is 7. The number of anilines is 2. The van der Waals surface area contributed by atoms with E-state index in [0.29, 0.717) is 33.6 Å². The van der Waals surface area contributed by atoms with Crippen molar-refractivity contribution in [1.29, 1.82) is 0 Å². The number of aromatic nitrogens is 5. The molecule has 39 heavy (non-hydrogen) atoms. The van der Waals surface area contributed by atoms with Gasteiger partial charge in [-0.1, -0.05) is 30.3 Å². The molecular weight excluding hydrogens is 521 g/mol. The number of ether oxygens (including phenoxy) is 1. The van der Waals surface area contributed by atoms with Gasteiger partial charge in [-0.3, -0.25) is 4.79 Å². The van der Waals surface area contributed by atoms with Gasteiger partial charge in [-0.15, -0.1) is 0 Å². The van der Waals surface area contributed by atoms with Crippen molar-refractivity contribution in [1.82, 2.24) is 24.5 Å². The molecule has 0 aliphatic rings. The summed E-state index contributed by atoms with van der Waals surface area (Å²) in [5.74, 6) is -0.394. The van der Waals surface area contributed by atoms with E-state index in [1.54, 1.807) is 36.0 Å². The van der Waals surface area contributed by atoms with E-state index in [9.17, 15) is 4.79 Å². The zero-order chi connectivity index (χ0) is 27.8. The fourth-order valence-corrected chi connectivity index (χ4v) is 4.45. The monoisotopic (exact) mass is 543 g/mol. The number of benzene rings is 2. The van der Waals surface area contributed by atoms with Crippen LogP contribution in [-0.4, -0.2) is 30.4 Å². The van der Waals surface area contributed by atoms with E-state index in [-0.39, 0.29) is 28.1 Å². The molecule has 0 bridgehead atoms.